The number of rotatable bonds is 35. The van der Waals surface area contributed by atoms with E-state index in [-0.39, 0.29) is 61.2 Å². The quantitative estimate of drug-likeness (QED) is 0.0572. The van der Waals surface area contributed by atoms with Crippen LogP contribution in [-0.2, 0) is 52.7 Å². The Hall–Kier alpha value is -6.13. The smallest absolute Gasteiger partial charge is 0.246 e. The molecule has 11 amide bonds. The summed E-state index contributed by atoms with van der Waals surface area (Å²) in [5, 5.41) is 20.2. The fourth-order valence-corrected chi connectivity index (χ4v) is 9.87. The lowest BCUT2D eigenvalue weighted by atomic mass is 9.91. The Kier molecular flexibility index (Phi) is 33.4. The van der Waals surface area contributed by atoms with Crippen LogP contribution in [0.1, 0.15) is 156 Å². The highest BCUT2D eigenvalue weighted by Crippen LogP contribution is 2.25. The molecule has 23 nitrogen and oxygen atoms in total. The van der Waals surface area contributed by atoms with Crippen LogP contribution in [0.3, 0.4) is 0 Å². The molecule has 0 heterocycles. The van der Waals surface area contributed by atoms with Crippen molar-refractivity contribution < 1.29 is 57.8 Å². The molecule has 2 unspecified atom stereocenters. The number of nitrogens with one attached hydrogen (secondary N) is 3. The van der Waals surface area contributed by atoms with Crippen molar-refractivity contribution in [2.45, 2.75) is 217 Å². The van der Waals surface area contributed by atoms with E-state index < -0.39 is 138 Å². The third-order valence-electron chi connectivity index (χ3n) is 16.1. The summed E-state index contributed by atoms with van der Waals surface area (Å²) in [5.41, 5.74) is 5.38. The second-order valence-corrected chi connectivity index (χ2v) is 25.1. The van der Waals surface area contributed by atoms with Crippen LogP contribution < -0.4 is 21.7 Å². The van der Waals surface area contributed by atoms with Crippen molar-refractivity contribution in [3.63, 3.8) is 0 Å². The summed E-state index contributed by atoms with van der Waals surface area (Å²) in [7, 11) is 10.0. The zero-order chi connectivity index (χ0) is 65.7. The van der Waals surface area contributed by atoms with Crippen molar-refractivity contribution in [2.75, 3.05) is 55.9 Å². The fourth-order valence-electron chi connectivity index (χ4n) is 9.87. The second-order valence-electron chi connectivity index (χ2n) is 25.1. The van der Waals surface area contributed by atoms with Gasteiger partial charge in [-0.1, -0.05) is 109 Å². The Morgan fingerprint density at radius 2 is 0.905 bits per heavy atom. The molecule has 482 valence electrons. The number of hydrogen-bond acceptors (Lipinski definition) is 12. The predicted octanol–water partition coefficient (Wildman–Crippen LogP) is 3.26. The summed E-state index contributed by atoms with van der Waals surface area (Å²) in [5.74, 6) is -8.45. The molecule has 0 aromatic heterocycles. The van der Waals surface area contributed by atoms with Crippen LogP contribution in [0.2, 0.25) is 0 Å². The molecule has 0 aliphatic rings. The molecule has 0 saturated heterocycles. The highest BCUT2D eigenvalue weighted by molar-refractivity contribution is 5.98. The molecule has 12 atom stereocenters. The van der Waals surface area contributed by atoms with Gasteiger partial charge < -0.3 is 61.1 Å². The minimum absolute atomic E-state index is 0.0383. The number of nitrogens with two attached hydrogens (primary N) is 1. The Balaban J connectivity index is 7.09. The van der Waals surface area contributed by atoms with Gasteiger partial charge in [-0.15, -0.1) is 0 Å². The Labute approximate surface area is 503 Å². The zero-order valence-corrected chi connectivity index (χ0v) is 55.6. The van der Waals surface area contributed by atoms with E-state index in [1.807, 2.05) is 62.3 Å². The van der Waals surface area contributed by atoms with Crippen molar-refractivity contribution >= 4 is 65.0 Å². The van der Waals surface area contributed by atoms with E-state index in [9.17, 15) is 48.3 Å². The Bertz CT molecular complexity index is 2260. The first-order chi connectivity index (χ1) is 38.7. The van der Waals surface area contributed by atoms with E-state index >= 15 is 9.59 Å². The highest BCUT2D eigenvalue weighted by atomic mass is 16.3. The molecule has 0 radical (unpaired) electrons. The summed E-state index contributed by atoms with van der Waals surface area (Å²) in [6, 6.07) is -10.4. The summed E-state index contributed by atoms with van der Waals surface area (Å²) in [6.45, 7) is 29.8. The highest BCUT2D eigenvalue weighted by Gasteiger charge is 2.45. The summed E-state index contributed by atoms with van der Waals surface area (Å²) >= 11 is 0. The lowest BCUT2D eigenvalue weighted by Crippen LogP contribution is -2.63. The molecule has 0 aromatic rings. The minimum atomic E-state index is -1.59. The van der Waals surface area contributed by atoms with Gasteiger partial charge >= 0.3 is 0 Å². The first-order valence-corrected chi connectivity index (χ1v) is 30.0. The molecule has 0 fully saturated rings. The maximum absolute atomic E-state index is 15.1. The average Bonchev–Trinajstić information content (AvgIpc) is 2.09. The number of aliphatic hydroxyl groups excluding tert-OH is 1. The van der Waals surface area contributed by atoms with Gasteiger partial charge in [0.2, 0.25) is 65.0 Å². The van der Waals surface area contributed by atoms with Gasteiger partial charge in [0, 0.05) is 55.3 Å². The molecule has 0 aliphatic carbocycles. The van der Waals surface area contributed by atoms with Gasteiger partial charge in [0.05, 0.1) is 12.6 Å². The Morgan fingerprint density at radius 3 is 1.33 bits per heavy atom. The topological polar surface area (TPSA) is 293 Å². The molecule has 0 spiro atoms. The Morgan fingerprint density at radius 1 is 0.476 bits per heavy atom. The van der Waals surface area contributed by atoms with Gasteiger partial charge in [-0.3, -0.25) is 52.7 Å². The molecular formula is C61H111N11O12. The second kappa shape index (κ2) is 36.0. The standard InChI is InChI=1S/C61H111N11O12/c1-25-28-29-39(14)51(74)50(55(78)65-44(27-3)58(81)66(18)33-48(73)67(19)42(17)52(62)75)72(24)61(84)49(38(12)13)71(23)60(83)47(32-36(8)9)70(22)59(82)46(31-35(6)7)69(21)57(80)41(16)63-53(76)43(26-2)64-54(77)45(30-34(4)5)68(20)56(79)40(15)37(10)11/h25,28,34-47,49-51,74H,26-27,29-33H2,1-24H3,(H2,62,75)(H,63,76)(H,64,77)(H,65,78)/b28-25-/t39-,40-,41+,42-,43?,44-,45-,46-,47-,49+,50?,51+/m1/s1. The lowest BCUT2D eigenvalue weighted by molar-refractivity contribution is -0.157. The number of amides is 11. The van der Waals surface area contributed by atoms with Gasteiger partial charge in [-0.25, -0.2) is 0 Å². The monoisotopic (exact) mass is 1190 g/mol. The van der Waals surface area contributed by atoms with Crippen LogP contribution >= 0.6 is 0 Å². The molecule has 0 rings (SSSR count). The summed E-state index contributed by atoms with van der Waals surface area (Å²) < 4.78 is 0. The van der Waals surface area contributed by atoms with Crippen LogP contribution in [0.25, 0.3) is 0 Å². The molecule has 6 N–H and O–H groups in total. The summed E-state index contributed by atoms with van der Waals surface area (Å²) in [6.07, 6.45) is 3.29. The number of primary amides is 1. The molecule has 0 saturated carbocycles. The lowest BCUT2D eigenvalue weighted by Gasteiger charge is -2.41. The van der Waals surface area contributed by atoms with Crippen molar-refractivity contribution in [3.05, 3.63) is 12.2 Å². The van der Waals surface area contributed by atoms with Crippen LogP contribution in [0.4, 0.5) is 0 Å². The molecule has 0 bridgehead atoms. The van der Waals surface area contributed by atoms with Gasteiger partial charge in [-0.2, -0.15) is 0 Å². The van der Waals surface area contributed by atoms with Crippen LogP contribution in [0.5, 0.6) is 0 Å². The molecular weight excluding hydrogens is 1080 g/mol. The van der Waals surface area contributed by atoms with Gasteiger partial charge in [0.15, 0.2) is 0 Å². The number of nitrogens with zero attached hydrogens (tertiary/aromatic N) is 7. The number of aliphatic hydroxyl groups is 1. The van der Waals surface area contributed by atoms with Crippen molar-refractivity contribution in [2.24, 2.45) is 47.2 Å². The normalized spacial score (nSPS) is 16.0. The first kappa shape index (κ1) is 77.9. The number of carbonyl (C=O) groups excluding carboxylic acids is 11. The van der Waals surface area contributed by atoms with Crippen LogP contribution in [0.15, 0.2) is 12.2 Å². The van der Waals surface area contributed by atoms with E-state index in [0.29, 0.717) is 12.8 Å². The van der Waals surface area contributed by atoms with E-state index in [1.165, 1.54) is 75.7 Å². The van der Waals surface area contributed by atoms with Gasteiger partial charge in [0.25, 0.3) is 0 Å². The van der Waals surface area contributed by atoms with E-state index in [2.05, 4.69) is 16.0 Å². The van der Waals surface area contributed by atoms with Crippen LogP contribution in [0, 0.1) is 41.4 Å². The maximum Gasteiger partial charge on any atom is 0.246 e. The third kappa shape index (κ3) is 22.4. The van der Waals surface area contributed by atoms with Gasteiger partial charge in [0.1, 0.15) is 54.4 Å². The van der Waals surface area contributed by atoms with E-state index in [4.69, 9.17) is 5.73 Å². The van der Waals surface area contributed by atoms with E-state index in [0.717, 1.165) is 14.7 Å². The van der Waals surface area contributed by atoms with Crippen molar-refractivity contribution in [3.8, 4) is 0 Å². The SMILES string of the molecule is C/C=C\C[C@@H](C)[C@H](O)C(C(=O)N[C@H](CC)C(=O)N(C)CC(=O)N(C)[C@H](C)C(N)=O)N(C)C(=O)[C@H](C(C)C)N(C)C(=O)[C@@H](CC(C)C)N(C)C(=O)[C@@H](CC(C)C)N(C)C(=O)[C@H](C)NC(=O)C(CC)NC(=O)[C@@H](CC(C)C)N(C)C(=O)[C@H](C)C(C)C. The number of allylic oxidation sites excluding steroid dienone is 2. The number of likely N-dealkylation sites (N-methyl/N-ethyl adjacent to an activating group) is 7. The first-order valence-electron chi connectivity index (χ1n) is 30.0. The molecule has 0 aromatic carbocycles. The van der Waals surface area contributed by atoms with Crippen LogP contribution in [-0.4, -0.2) is 221 Å². The summed E-state index contributed by atoms with van der Waals surface area (Å²) in [4.78, 5) is 162. The zero-order valence-electron chi connectivity index (χ0n) is 55.6. The third-order valence-corrected chi connectivity index (χ3v) is 16.1. The fraction of sp³-hybridized carbons (Fsp3) is 0.787. The average molecular weight is 1190 g/mol. The molecule has 23 heteroatoms. The van der Waals surface area contributed by atoms with E-state index in [1.54, 1.807) is 60.7 Å². The van der Waals surface area contributed by atoms with Gasteiger partial charge in [-0.05, 0) is 94.8 Å². The molecule has 84 heavy (non-hydrogen) atoms. The maximum atomic E-state index is 15.1. The number of carbonyl (C=O) groups is 11. The minimum Gasteiger partial charge on any atom is -0.390 e. The van der Waals surface area contributed by atoms with Crippen molar-refractivity contribution in [1.82, 2.24) is 50.2 Å². The van der Waals surface area contributed by atoms with Crippen molar-refractivity contribution in [1.29, 1.82) is 0 Å². The molecule has 0 aliphatic heterocycles. The predicted molar refractivity (Wildman–Crippen MR) is 326 cm³/mol. The largest absolute Gasteiger partial charge is 0.390 e. The number of hydrogen-bond donors (Lipinski definition) is 5.